The van der Waals surface area contributed by atoms with Crippen LogP contribution in [-0.2, 0) is 21.0 Å². The number of aromatic nitrogens is 1. The summed E-state index contributed by atoms with van der Waals surface area (Å²) in [6, 6.07) is 1.72. The minimum absolute atomic E-state index is 0.162. The Bertz CT molecular complexity index is 671. The maximum atomic E-state index is 12.5. The smallest absolute Gasteiger partial charge is 0.309 e. The predicted molar refractivity (Wildman–Crippen MR) is 83.8 cm³/mol. The Kier molecular flexibility index (Phi) is 6.34. The second-order valence-corrected chi connectivity index (χ2v) is 7.96. The standard InChI is InChI=1S/C14H20F3N3O3S/c1-4-5-8-19-24(22,23)13(2,3)12(21)20-11-7-6-10(9-18-11)14(15,16)17/h6-7,9,19H,4-5,8H2,1-3H3,(H,18,20,21). The third-order valence-corrected chi connectivity index (χ3v) is 5.49. The summed E-state index contributed by atoms with van der Waals surface area (Å²) in [6.45, 7) is 4.51. The van der Waals surface area contributed by atoms with Crippen molar-refractivity contribution in [3.8, 4) is 0 Å². The van der Waals surface area contributed by atoms with Crippen LogP contribution in [-0.4, -0.2) is 30.6 Å². The summed E-state index contributed by atoms with van der Waals surface area (Å²) in [5.41, 5.74) is -0.964. The number of carbonyl (C=O) groups is 1. The lowest BCUT2D eigenvalue weighted by molar-refractivity contribution is -0.137. The van der Waals surface area contributed by atoms with Crippen LogP contribution in [0.2, 0.25) is 0 Å². The fourth-order valence-corrected chi connectivity index (χ4v) is 2.66. The van der Waals surface area contributed by atoms with Crippen molar-refractivity contribution in [3.63, 3.8) is 0 Å². The van der Waals surface area contributed by atoms with Gasteiger partial charge in [-0.3, -0.25) is 4.79 Å². The van der Waals surface area contributed by atoms with E-state index in [0.717, 1.165) is 18.6 Å². The number of halogens is 3. The zero-order valence-electron chi connectivity index (χ0n) is 13.6. The SMILES string of the molecule is CCCCNS(=O)(=O)C(C)(C)C(=O)Nc1ccc(C(F)(F)F)cn1. The third-order valence-electron chi connectivity index (χ3n) is 3.37. The molecule has 136 valence electrons. The fraction of sp³-hybridized carbons (Fsp3) is 0.571. The fourth-order valence-electron chi connectivity index (χ4n) is 1.59. The van der Waals surface area contributed by atoms with Gasteiger partial charge in [0.25, 0.3) is 0 Å². The quantitative estimate of drug-likeness (QED) is 0.725. The van der Waals surface area contributed by atoms with Crippen LogP contribution < -0.4 is 10.0 Å². The number of sulfonamides is 1. The Morgan fingerprint density at radius 1 is 1.25 bits per heavy atom. The highest BCUT2D eigenvalue weighted by atomic mass is 32.2. The molecule has 1 amide bonds. The molecule has 2 N–H and O–H groups in total. The van der Waals surface area contributed by atoms with Gasteiger partial charge in [-0.05, 0) is 32.4 Å². The molecule has 0 fully saturated rings. The van der Waals surface area contributed by atoms with Crippen LogP contribution in [0.3, 0.4) is 0 Å². The van der Waals surface area contributed by atoms with Crippen molar-refractivity contribution in [2.24, 2.45) is 0 Å². The second-order valence-electron chi connectivity index (χ2n) is 5.65. The number of pyridine rings is 1. The van der Waals surface area contributed by atoms with Crippen LogP contribution in [0.15, 0.2) is 18.3 Å². The van der Waals surface area contributed by atoms with E-state index in [9.17, 15) is 26.4 Å². The molecular weight excluding hydrogens is 347 g/mol. The van der Waals surface area contributed by atoms with E-state index in [1.807, 2.05) is 6.92 Å². The van der Waals surface area contributed by atoms with Crippen LogP contribution in [0, 0.1) is 0 Å². The van der Waals surface area contributed by atoms with Gasteiger partial charge in [-0.25, -0.2) is 18.1 Å². The van der Waals surface area contributed by atoms with Gasteiger partial charge in [0.2, 0.25) is 15.9 Å². The summed E-state index contributed by atoms with van der Waals surface area (Å²) in [7, 11) is -3.95. The summed E-state index contributed by atoms with van der Waals surface area (Å²) < 4.78 is 62.3. The first-order chi connectivity index (χ1) is 10.9. The van der Waals surface area contributed by atoms with Gasteiger partial charge in [0.1, 0.15) is 5.82 Å². The maximum absolute atomic E-state index is 12.5. The van der Waals surface area contributed by atoms with Gasteiger partial charge < -0.3 is 5.32 Å². The zero-order valence-corrected chi connectivity index (χ0v) is 14.4. The highest BCUT2D eigenvalue weighted by molar-refractivity contribution is 7.91. The third kappa shape index (κ3) is 4.91. The van der Waals surface area contributed by atoms with E-state index in [-0.39, 0.29) is 12.4 Å². The van der Waals surface area contributed by atoms with Crippen molar-refractivity contribution in [3.05, 3.63) is 23.9 Å². The summed E-state index contributed by atoms with van der Waals surface area (Å²) >= 11 is 0. The van der Waals surface area contributed by atoms with E-state index in [0.29, 0.717) is 12.6 Å². The highest BCUT2D eigenvalue weighted by Gasteiger charge is 2.41. The van der Waals surface area contributed by atoms with Crippen LogP contribution in [0.25, 0.3) is 0 Å². The van der Waals surface area contributed by atoms with E-state index in [2.05, 4.69) is 15.0 Å². The molecule has 1 aromatic heterocycles. The summed E-state index contributed by atoms with van der Waals surface area (Å²) in [4.78, 5) is 15.7. The Morgan fingerprint density at radius 3 is 2.33 bits per heavy atom. The lowest BCUT2D eigenvalue weighted by Crippen LogP contribution is -2.50. The van der Waals surface area contributed by atoms with Crippen molar-refractivity contribution in [2.45, 2.75) is 44.5 Å². The van der Waals surface area contributed by atoms with Crippen LogP contribution >= 0.6 is 0 Å². The largest absolute Gasteiger partial charge is 0.417 e. The number of alkyl halides is 3. The number of hydrogen-bond donors (Lipinski definition) is 2. The molecule has 6 nitrogen and oxygen atoms in total. The first-order valence-corrected chi connectivity index (χ1v) is 8.74. The second kappa shape index (κ2) is 7.47. The molecule has 0 atom stereocenters. The predicted octanol–water partition coefficient (Wildman–Crippen LogP) is 2.54. The lowest BCUT2D eigenvalue weighted by atomic mass is 10.2. The average molecular weight is 367 g/mol. The summed E-state index contributed by atoms with van der Waals surface area (Å²) in [5.74, 6) is -1.05. The minimum Gasteiger partial charge on any atom is -0.309 e. The van der Waals surface area contributed by atoms with Crippen molar-refractivity contribution in [1.82, 2.24) is 9.71 Å². The molecule has 0 aromatic carbocycles. The van der Waals surface area contributed by atoms with Gasteiger partial charge in [-0.15, -0.1) is 0 Å². The van der Waals surface area contributed by atoms with Crippen LogP contribution in [0.1, 0.15) is 39.2 Å². The van der Waals surface area contributed by atoms with E-state index >= 15 is 0 Å². The molecule has 0 aliphatic heterocycles. The zero-order chi connectivity index (χ0) is 18.6. The molecule has 0 saturated heterocycles. The number of nitrogens with one attached hydrogen (secondary N) is 2. The van der Waals surface area contributed by atoms with Crippen LogP contribution in [0.4, 0.5) is 19.0 Å². The number of anilines is 1. The van der Waals surface area contributed by atoms with E-state index in [1.54, 1.807) is 0 Å². The van der Waals surface area contributed by atoms with Crippen LogP contribution in [0.5, 0.6) is 0 Å². The van der Waals surface area contributed by atoms with Crippen molar-refractivity contribution < 1.29 is 26.4 Å². The van der Waals surface area contributed by atoms with Crippen molar-refractivity contribution in [2.75, 3.05) is 11.9 Å². The van der Waals surface area contributed by atoms with E-state index < -0.39 is 32.4 Å². The molecule has 0 saturated carbocycles. The molecule has 0 bridgehead atoms. The molecule has 24 heavy (non-hydrogen) atoms. The molecule has 0 spiro atoms. The molecule has 0 aliphatic carbocycles. The molecule has 1 heterocycles. The Morgan fingerprint density at radius 2 is 1.88 bits per heavy atom. The summed E-state index contributed by atoms with van der Waals surface area (Å²) in [6.07, 6.45) is -2.57. The number of nitrogens with zero attached hydrogens (tertiary/aromatic N) is 1. The molecule has 1 aromatic rings. The van der Waals surface area contributed by atoms with Crippen molar-refractivity contribution >= 4 is 21.7 Å². The van der Waals surface area contributed by atoms with Gasteiger partial charge in [-0.1, -0.05) is 13.3 Å². The normalized spacial score (nSPS) is 12.9. The Balaban J connectivity index is 2.85. The number of carbonyl (C=O) groups excluding carboxylic acids is 1. The van der Waals surface area contributed by atoms with Gasteiger partial charge in [0.05, 0.1) is 5.56 Å². The molecule has 0 unspecified atom stereocenters. The lowest BCUT2D eigenvalue weighted by Gasteiger charge is -2.24. The van der Waals surface area contributed by atoms with Gasteiger partial charge in [0, 0.05) is 12.7 Å². The molecule has 0 aliphatic rings. The van der Waals surface area contributed by atoms with E-state index in [1.165, 1.54) is 13.8 Å². The van der Waals surface area contributed by atoms with Gasteiger partial charge in [0.15, 0.2) is 4.75 Å². The first kappa shape index (κ1) is 20.4. The molecule has 10 heteroatoms. The number of unbranched alkanes of at least 4 members (excludes halogenated alkanes) is 1. The van der Waals surface area contributed by atoms with Crippen molar-refractivity contribution in [1.29, 1.82) is 0 Å². The summed E-state index contributed by atoms with van der Waals surface area (Å²) in [5, 5.41) is 2.22. The minimum atomic E-state index is -4.54. The molecular formula is C14H20F3N3O3S. The molecule has 0 radical (unpaired) electrons. The Hall–Kier alpha value is -1.68. The van der Waals surface area contributed by atoms with Gasteiger partial charge >= 0.3 is 6.18 Å². The number of rotatable bonds is 7. The highest BCUT2D eigenvalue weighted by Crippen LogP contribution is 2.29. The van der Waals surface area contributed by atoms with E-state index in [4.69, 9.17) is 0 Å². The maximum Gasteiger partial charge on any atom is 0.417 e. The van der Waals surface area contributed by atoms with Gasteiger partial charge in [-0.2, -0.15) is 13.2 Å². The number of amides is 1. The first-order valence-electron chi connectivity index (χ1n) is 7.25. The Labute approximate surface area is 138 Å². The monoisotopic (exact) mass is 367 g/mol. The topological polar surface area (TPSA) is 88.2 Å². The molecule has 1 rings (SSSR count). The average Bonchev–Trinajstić information content (AvgIpc) is 2.46. The number of hydrogen-bond acceptors (Lipinski definition) is 4.